The molecule has 1 aliphatic carbocycles. The maximum absolute atomic E-state index is 13.3. The molecule has 172 valence electrons. The van der Waals surface area contributed by atoms with E-state index in [2.05, 4.69) is 59.0 Å². The number of nitrogens with zero attached hydrogens (tertiary/aromatic N) is 1. The van der Waals surface area contributed by atoms with Crippen LogP contribution in [0.15, 0.2) is 12.1 Å². The molecule has 3 amide bonds. The topological polar surface area (TPSA) is 69.6 Å². The van der Waals surface area contributed by atoms with Gasteiger partial charge in [-0.3, -0.25) is 9.69 Å². The first-order valence-corrected chi connectivity index (χ1v) is 11.8. The maximum atomic E-state index is 13.3. The first kappa shape index (κ1) is 23.6. The Hall–Kier alpha value is -2.04. The molecule has 0 bridgehead atoms. The lowest BCUT2D eigenvalue weighted by Gasteiger charge is -2.30. The third-order valence-corrected chi connectivity index (χ3v) is 6.93. The molecule has 1 heterocycles. The molecule has 5 nitrogen and oxygen atoms in total. The number of aromatic hydroxyl groups is 1. The highest BCUT2D eigenvalue weighted by molar-refractivity contribution is 6.07. The molecule has 3 rings (SSSR count). The van der Waals surface area contributed by atoms with E-state index in [1.807, 2.05) is 6.92 Å². The van der Waals surface area contributed by atoms with E-state index in [1.54, 1.807) is 0 Å². The minimum absolute atomic E-state index is 0.0386. The van der Waals surface area contributed by atoms with Crippen LogP contribution in [0.4, 0.5) is 4.79 Å². The van der Waals surface area contributed by atoms with Gasteiger partial charge in [0.15, 0.2) is 0 Å². The van der Waals surface area contributed by atoms with Gasteiger partial charge in [0.2, 0.25) is 0 Å². The molecule has 1 unspecified atom stereocenters. The number of phenols is 1. The quantitative estimate of drug-likeness (QED) is 0.617. The van der Waals surface area contributed by atoms with Gasteiger partial charge in [0.25, 0.3) is 5.91 Å². The number of hydrogen-bond donors (Lipinski definition) is 2. The van der Waals surface area contributed by atoms with Gasteiger partial charge in [-0.05, 0) is 60.1 Å². The number of rotatable bonds is 4. The summed E-state index contributed by atoms with van der Waals surface area (Å²) in [5, 5.41) is 13.9. The minimum atomic E-state index is -0.879. The molecule has 0 aromatic heterocycles. The van der Waals surface area contributed by atoms with Crippen molar-refractivity contribution in [3.05, 3.63) is 28.8 Å². The first-order valence-electron chi connectivity index (χ1n) is 11.8. The van der Waals surface area contributed by atoms with Crippen molar-refractivity contribution in [1.82, 2.24) is 10.2 Å². The van der Waals surface area contributed by atoms with E-state index in [0.717, 1.165) is 42.4 Å². The Labute approximate surface area is 187 Å². The van der Waals surface area contributed by atoms with Crippen molar-refractivity contribution in [2.45, 2.75) is 116 Å². The van der Waals surface area contributed by atoms with Crippen molar-refractivity contribution < 1.29 is 14.7 Å². The average molecular weight is 429 g/mol. The van der Waals surface area contributed by atoms with Crippen molar-refractivity contribution in [2.24, 2.45) is 0 Å². The molecule has 31 heavy (non-hydrogen) atoms. The van der Waals surface area contributed by atoms with Gasteiger partial charge in [0.1, 0.15) is 11.3 Å². The van der Waals surface area contributed by atoms with Crippen molar-refractivity contribution in [3.63, 3.8) is 0 Å². The van der Waals surface area contributed by atoms with E-state index < -0.39 is 5.54 Å². The fourth-order valence-corrected chi connectivity index (χ4v) is 4.92. The summed E-state index contributed by atoms with van der Waals surface area (Å²) in [6.07, 6.45) is 6.37. The molecule has 1 aromatic rings. The molecule has 1 saturated heterocycles. The summed E-state index contributed by atoms with van der Waals surface area (Å²) < 4.78 is 0. The zero-order valence-corrected chi connectivity index (χ0v) is 20.4. The Bertz CT molecular complexity index is 821. The van der Waals surface area contributed by atoms with Gasteiger partial charge in [0.05, 0.1) is 0 Å². The number of phenolic OH excluding ortho intramolecular Hbond substituents is 1. The lowest BCUT2D eigenvalue weighted by Crippen LogP contribution is -2.46. The standard InChI is InChI=1S/C26H40N2O3/c1-24(2,3)19-15-17(16-20(21(19)29)25(4,5)6)13-14-26(7)22(30)28(23(31)27-26)18-11-9-8-10-12-18/h15-16,18,29H,8-14H2,1-7H3,(H,27,31). The van der Waals surface area contributed by atoms with Crippen molar-refractivity contribution in [3.8, 4) is 5.75 Å². The molecule has 2 fully saturated rings. The number of amides is 3. The number of benzene rings is 1. The van der Waals surface area contributed by atoms with Crippen LogP contribution in [0, 0.1) is 0 Å². The van der Waals surface area contributed by atoms with Crippen molar-refractivity contribution >= 4 is 11.9 Å². The molecular formula is C26H40N2O3. The Morgan fingerprint density at radius 2 is 1.52 bits per heavy atom. The lowest BCUT2D eigenvalue weighted by atomic mass is 9.77. The number of urea groups is 1. The molecule has 1 aliphatic heterocycles. The van der Waals surface area contributed by atoms with E-state index >= 15 is 0 Å². The molecule has 2 N–H and O–H groups in total. The molecule has 2 aliphatic rings. The molecule has 5 heteroatoms. The fraction of sp³-hybridized carbons (Fsp3) is 0.692. The highest BCUT2D eigenvalue weighted by Crippen LogP contribution is 2.40. The van der Waals surface area contributed by atoms with Crippen molar-refractivity contribution in [1.29, 1.82) is 0 Å². The number of imide groups is 1. The van der Waals surface area contributed by atoms with Crippen LogP contribution in [-0.2, 0) is 22.0 Å². The predicted molar refractivity (Wildman–Crippen MR) is 124 cm³/mol. The first-order chi connectivity index (χ1) is 14.2. The van der Waals surface area contributed by atoms with Gasteiger partial charge in [-0.1, -0.05) is 72.9 Å². The van der Waals surface area contributed by atoms with E-state index in [-0.39, 0.29) is 28.8 Å². The number of aryl methyl sites for hydroxylation is 1. The van der Waals surface area contributed by atoms with E-state index in [4.69, 9.17) is 0 Å². The molecule has 0 spiro atoms. The Kier molecular flexibility index (Phi) is 6.20. The highest BCUT2D eigenvalue weighted by Gasteiger charge is 2.49. The second-order valence-corrected chi connectivity index (χ2v) is 11.8. The maximum Gasteiger partial charge on any atom is 0.325 e. The second-order valence-electron chi connectivity index (χ2n) is 11.8. The average Bonchev–Trinajstić information content (AvgIpc) is 2.88. The third kappa shape index (κ3) is 4.75. The van der Waals surface area contributed by atoms with Gasteiger partial charge < -0.3 is 10.4 Å². The molecule has 1 saturated carbocycles. The summed E-state index contributed by atoms with van der Waals surface area (Å²) in [7, 11) is 0. The number of hydrogen-bond acceptors (Lipinski definition) is 3. The largest absolute Gasteiger partial charge is 0.507 e. The van der Waals surface area contributed by atoms with E-state index in [9.17, 15) is 14.7 Å². The number of nitrogens with one attached hydrogen (secondary N) is 1. The third-order valence-electron chi connectivity index (χ3n) is 6.93. The summed E-state index contributed by atoms with van der Waals surface area (Å²) in [5.41, 5.74) is 1.66. The molecule has 1 atom stereocenters. The summed E-state index contributed by atoms with van der Waals surface area (Å²) >= 11 is 0. The lowest BCUT2D eigenvalue weighted by molar-refractivity contribution is -0.133. The smallest absolute Gasteiger partial charge is 0.325 e. The van der Waals surface area contributed by atoms with Crippen LogP contribution in [0.3, 0.4) is 0 Å². The van der Waals surface area contributed by atoms with Crippen LogP contribution in [0.2, 0.25) is 0 Å². The minimum Gasteiger partial charge on any atom is -0.507 e. The normalized spacial score (nSPS) is 23.4. The van der Waals surface area contributed by atoms with Gasteiger partial charge >= 0.3 is 6.03 Å². The molecule has 0 radical (unpaired) electrons. The van der Waals surface area contributed by atoms with Gasteiger partial charge in [0, 0.05) is 6.04 Å². The van der Waals surface area contributed by atoms with Gasteiger partial charge in [-0.2, -0.15) is 0 Å². The summed E-state index contributed by atoms with van der Waals surface area (Å²) in [5.74, 6) is 0.277. The van der Waals surface area contributed by atoms with Crippen LogP contribution in [0.5, 0.6) is 5.75 Å². The zero-order valence-electron chi connectivity index (χ0n) is 20.4. The summed E-state index contributed by atoms with van der Waals surface area (Å²) in [6, 6.07) is 3.93. The SMILES string of the molecule is CC1(CCc2cc(C(C)(C)C)c(O)c(C(C)(C)C)c2)NC(=O)N(C2CCCCC2)C1=O. The Morgan fingerprint density at radius 3 is 2.00 bits per heavy atom. The number of carbonyl (C=O) groups excluding carboxylic acids is 2. The van der Waals surface area contributed by atoms with Crippen LogP contribution in [0.1, 0.15) is 104 Å². The van der Waals surface area contributed by atoms with Crippen molar-refractivity contribution in [2.75, 3.05) is 0 Å². The van der Waals surface area contributed by atoms with Crippen LogP contribution < -0.4 is 5.32 Å². The highest BCUT2D eigenvalue weighted by atomic mass is 16.3. The van der Waals surface area contributed by atoms with E-state index in [0.29, 0.717) is 18.6 Å². The molecular weight excluding hydrogens is 388 g/mol. The predicted octanol–water partition coefficient (Wildman–Crippen LogP) is 5.56. The van der Waals surface area contributed by atoms with Gasteiger partial charge in [-0.15, -0.1) is 0 Å². The molecule has 1 aromatic carbocycles. The van der Waals surface area contributed by atoms with E-state index in [1.165, 1.54) is 11.3 Å². The zero-order chi connectivity index (χ0) is 23.2. The fourth-order valence-electron chi connectivity index (χ4n) is 4.92. The Balaban J connectivity index is 1.85. The summed E-state index contributed by atoms with van der Waals surface area (Å²) in [4.78, 5) is 27.5. The van der Waals surface area contributed by atoms with Gasteiger partial charge in [-0.25, -0.2) is 4.79 Å². The monoisotopic (exact) mass is 428 g/mol. The van der Waals surface area contributed by atoms with Crippen LogP contribution >= 0.6 is 0 Å². The number of carbonyl (C=O) groups is 2. The summed E-state index contributed by atoms with van der Waals surface area (Å²) in [6.45, 7) is 14.5. The van der Waals surface area contributed by atoms with Crippen LogP contribution in [-0.4, -0.2) is 33.5 Å². The Morgan fingerprint density at radius 1 is 1.00 bits per heavy atom. The van der Waals surface area contributed by atoms with Crippen LogP contribution in [0.25, 0.3) is 0 Å². The second kappa shape index (κ2) is 8.14.